The average molecular weight is 405 g/mol. The Morgan fingerprint density at radius 2 is 2.05 bits per heavy atom. The summed E-state index contributed by atoms with van der Waals surface area (Å²) in [6, 6.07) is 4.08. The second-order valence-electron chi connectivity index (χ2n) is 5.19. The Kier molecular flexibility index (Phi) is 7.85. The van der Waals surface area contributed by atoms with E-state index >= 15 is 0 Å². The van der Waals surface area contributed by atoms with Gasteiger partial charge in [-0.25, -0.2) is 0 Å². The third kappa shape index (κ3) is 5.58. The molecule has 0 atom stereocenters. The highest BCUT2D eigenvalue weighted by molar-refractivity contribution is 9.11. The van der Waals surface area contributed by atoms with Crippen LogP contribution in [0.3, 0.4) is 0 Å². The van der Waals surface area contributed by atoms with E-state index in [1.54, 1.807) is 7.11 Å². The molecular formula is C16H23Br2NO. The smallest absolute Gasteiger partial charge is 0.140 e. The van der Waals surface area contributed by atoms with Gasteiger partial charge in [0.05, 0.1) is 11.6 Å². The van der Waals surface area contributed by atoms with E-state index in [2.05, 4.69) is 70.1 Å². The van der Waals surface area contributed by atoms with Crippen molar-refractivity contribution in [2.24, 2.45) is 5.92 Å². The van der Waals surface area contributed by atoms with Gasteiger partial charge in [0.25, 0.3) is 0 Å². The lowest BCUT2D eigenvalue weighted by Gasteiger charge is -2.12. The first-order valence-electron chi connectivity index (χ1n) is 6.91. The quantitative estimate of drug-likeness (QED) is 0.669. The zero-order chi connectivity index (χ0) is 15.1. The molecule has 1 aromatic rings. The Bertz CT molecular complexity index is 470. The summed E-state index contributed by atoms with van der Waals surface area (Å²) >= 11 is 7.07. The van der Waals surface area contributed by atoms with Crippen LogP contribution in [0.4, 0.5) is 0 Å². The number of ether oxygens (including phenoxy) is 1. The molecule has 0 heterocycles. The third-order valence-electron chi connectivity index (χ3n) is 2.96. The normalized spacial score (nSPS) is 12.1. The lowest BCUT2D eigenvalue weighted by atomic mass is 10.1. The molecule has 0 spiro atoms. The molecule has 0 radical (unpaired) electrons. The first kappa shape index (κ1) is 17.7. The molecule has 0 aromatic heterocycles. The predicted octanol–water partition coefficient (Wildman–Crippen LogP) is 5.26. The summed E-state index contributed by atoms with van der Waals surface area (Å²) < 4.78 is 7.49. The second-order valence-corrected chi connectivity index (χ2v) is 6.96. The van der Waals surface area contributed by atoms with Gasteiger partial charge in [-0.3, -0.25) is 0 Å². The average Bonchev–Trinajstić information content (AvgIpc) is 2.36. The Hall–Kier alpha value is -0.320. The number of halogens is 2. The van der Waals surface area contributed by atoms with Crippen LogP contribution in [0.25, 0.3) is 6.08 Å². The van der Waals surface area contributed by atoms with E-state index < -0.39 is 0 Å². The van der Waals surface area contributed by atoms with Gasteiger partial charge in [-0.2, -0.15) is 0 Å². The van der Waals surface area contributed by atoms with Crippen LogP contribution in [0.15, 0.2) is 26.7 Å². The minimum Gasteiger partial charge on any atom is -0.495 e. The van der Waals surface area contributed by atoms with Gasteiger partial charge in [0.2, 0.25) is 0 Å². The van der Waals surface area contributed by atoms with Crippen LogP contribution in [0.1, 0.15) is 32.8 Å². The van der Waals surface area contributed by atoms with Crippen molar-refractivity contribution in [3.8, 4) is 5.75 Å². The Labute approximate surface area is 139 Å². The molecule has 4 heteroatoms. The topological polar surface area (TPSA) is 21.3 Å². The lowest BCUT2D eigenvalue weighted by Crippen LogP contribution is -2.21. The van der Waals surface area contributed by atoms with Gasteiger partial charge in [0, 0.05) is 16.6 Å². The van der Waals surface area contributed by atoms with Crippen LogP contribution < -0.4 is 10.1 Å². The van der Waals surface area contributed by atoms with Crippen LogP contribution >= 0.6 is 31.9 Å². The Morgan fingerprint density at radius 3 is 2.60 bits per heavy atom. The van der Waals surface area contributed by atoms with Gasteiger partial charge in [-0.15, -0.1) is 0 Å². The van der Waals surface area contributed by atoms with Gasteiger partial charge in [-0.05, 0) is 46.9 Å². The molecule has 0 saturated heterocycles. The fourth-order valence-corrected chi connectivity index (χ4v) is 3.34. The summed E-state index contributed by atoms with van der Waals surface area (Å²) in [6.45, 7) is 8.58. The molecule has 20 heavy (non-hydrogen) atoms. The Morgan fingerprint density at radius 1 is 1.35 bits per heavy atom. The molecule has 0 amide bonds. The van der Waals surface area contributed by atoms with E-state index in [4.69, 9.17) is 4.74 Å². The number of hydrogen-bond donors (Lipinski definition) is 1. The van der Waals surface area contributed by atoms with Gasteiger partial charge >= 0.3 is 0 Å². The zero-order valence-electron chi connectivity index (χ0n) is 12.6. The fourth-order valence-electron chi connectivity index (χ4n) is 1.92. The maximum absolute atomic E-state index is 5.49. The largest absolute Gasteiger partial charge is 0.495 e. The summed E-state index contributed by atoms with van der Waals surface area (Å²) in [6.07, 6.45) is 3.24. The molecule has 112 valence electrons. The minimum atomic E-state index is 0.669. The Balaban J connectivity index is 2.94. The van der Waals surface area contributed by atoms with E-state index in [0.717, 1.165) is 39.8 Å². The molecule has 0 aliphatic carbocycles. The summed E-state index contributed by atoms with van der Waals surface area (Å²) in [5, 5.41) is 3.49. The molecule has 1 N–H and O–H groups in total. The van der Waals surface area contributed by atoms with E-state index in [0.29, 0.717) is 5.92 Å². The second kappa shape index (κ2) is 8.85. The maximum atomic E-state index is 5.49. The highest BCUT2D eigenvalue weighted by Crippen LogP contribution is 2.34. The van der Waals surface area contributed by atoms with Crippen molar-refractivity contribution in [3.05, 3.63) is 32.2 Å². The molecule has 0 fully saturated rings. The lowest BCUT2D eigenvalue weighted by molar-refractivity contribution is 0.411. The highest BCUT2D eigenvalue weighted by Gasteiger charge is 2.08. The molecule has 0 unspecified atom stereocenters. The molecule has 0 aliphatic rings. The number of benzene rings is 1. The van der Waals surface area contributed by atoms with E-state index in [1.165, 1.54) is 5.57 Å². The first-order chi connectivity index (χ1) is 9.47. The summed E-state index contributed by atoms with van der Waals surface area (Å²) in [5.74, 6) is 1.55. The van der Waals surface area contributed by atoms with Crippen molar-refractivity contribution in [2.45, 2.75) is 27.2 Å². The summed E-state index contributed by atoms with van der Waals surface area (Å²) in [4.78, 5) is 0. The van der Waals surface area contributed by atoms with Crippen molar-refractivity contribution >= 4 is 37.9 Å². The van der Waals surface area contributed by atoms with Gasteiger partial charge in [0.1, 0.15) is 5.75 Å². The zero-order valence-corrected chi connectivity index (χ0v) is 15.8. The summed E-state index contributed by atoms with van der Waals surface area (Å²) in [5.41, 5.74) is 2.46. The number of nitrogens with one attached hydrogen (secondary N) is 1. The van der Waals surface area contributed by atoms with Crippen LogP contribution in [-0.2, 0) is 0 Å². The monoisotopic (exact) mass is 403 g/mol. The van der Waals surface area contributed by atoms with Crippen molar-refractivity contribution in [1.82, 2.24) is 5.32 Å². The molecular weight excluding hydrogens is 382 g/mol. The SMILES string of the molecule is CCC(=Cc1cc(Br)cc(Br)c1OC)CNCC(C)C. The van der Waals surface area contributed by atoms with Crippen LogP contribution in [0.5, 0.6) is 5.75 Å². The van der Waals surface area contributed by atoms with Crippen molar-refractivity contribution < 1.29 is 4.74 Å². The van der Waals surface area contributed by atoms with Crippen molar-refractivity contribution in [1.29, 1.82) is 0 Å². The molecule has 0 bridgehead atoms. The third-order valence-corrected chi connectivity index (χ3v) is 4.01. The number of methoxy groups -OCH3 is 1. The predicted molar refractivity (Wildman–Crippen MR) is 94.4 cm³/mol. The van der Waals surface area contributed by atoms with E-state index in [-0.39, 0.29) is 0 Å². The minimum absolute atomic E-state index is 0.669. The molecule has 1 rings (SSSR count). The maximum Gasteiger partial charge on any atom is 0.140 e. The van der Waals surface area contributed by atoms with Gasteiger partial charge < -0.3 is 10.1 Å². The van der Waals surface area contributed by atoms with Crippen LogP contribution in [-0.4, -0.2) is 20.2 Å². The molecule has 2 nitrogen and oxygen atoms in total. The highest BCUT2D eigenvalue weighted by atomic mass is 79.9. The van der Waals surface area contributed by atoms with E-state index in [1.807, 2.05) is 6.07 Å². The van der Waals surface area contributed by atoms with Gasteiger partial charge in [-0.1, -0.05) is 48.4 Å². The molecule has 0 saturated carbocycles. The van der Waals surface area contributed by atoms with Gasteiger partial charge in [0.15, 0.2) is 0 Å². The van der Waals surface area contributed by atoms with Crippen LogP contribution in [0.2, 0.25) is 0 Å². The van der Waals surface area contributed by atoms with E-state index in [9.17, 15) is 0 Å². The number of hydrogen-bond acceptors (Lipinski definition) is 2. The molecule has 0 aliphatic heterocycles. The van der Waals surface area contributed by atoms with Crippen LogP contribution in [0, 0.1) is 5.92 Å². The summed E-state index contributed by atoms with van der Waals surface area (Å²) in [7, 11) is 1.70. The molecule has 1 aromatic carbocycles. The van der Waals surface area contributed by atoms with Crippen molar-refractivity contribution in [3.63, 3.8) is 0 Å². The standard InChI is InChI=1S/C16H23Br2NO/c1-5-12(10-19-9-11(2)3)6-13-7-14(17)8-15(18)16(13)20-4/h6-8,11,19H,5,9-10H2,1-4H3. The first-order valence-corrected chi connectivity index (χ1v) is 8.49. The fraction of sp³-hybridized carbons (Fsp3) is 0.500. The number of rotatable bonds is 7. The van der Waals surface area contributed by atoms with Crippen molar-refractivity contribution in [2.75, 3.05) is 20.2 Å².